The minimum absolute atomic E-state index is 0.0598. The molecular weight excluding hydrogens is 104 g/mol. The average Bonchev–Trinajstić information content (AvgIpc) is 1.77. The molecule has 8 heavy (non-hydrogen) atoms. The summed E-state index contributed by atoms with van der Waals surface area (Å²) in [6, 6.07) is 0. The molecule has 0 aromatic carbocycles. The third-order valence-electron chi connectivity index (χ3n) is 1.07. The first-order valence-electron chi connectivity index (χ1n) is 2.53. The molecule has 1 aliphatic rings. The molecule has 0 atom stereocenters. The molecule has 0 radical (unpaired) electrons. The van der Waals surface area contributed by atoms with Gasteiger partial charge in [0.2, 0.25) is 0 Å². The summed E-state index contributed by atoms with van der Waals surface area (Å²) in [4.78, 5) is 20.7. The number of rotatable bonds is 0. The van der Waals surface area contributed by atoms with Crippen molar-refractivity contribution in [2.24, 2.45) is 0 Å². The predicted molar refractivity (Wildman–Crippen MR) is 28.4 cm³/mol. The van der Waals surface area contributed by atoms with Gasteiger partial charge in [-0.3, -0.25) is 9.59 Å². The van der Waals surface area contributed by atoms with Crippen molar-refractivity contribution in [1.82, 2.24) is 0 Å². The zero-order chi connectivity index (χ0) is 5.98. The molecular formula is C6H6O2. The first-order valence-corrected chi connectivity index (χ1v) is 2.53. The Labute approximate surface area is 47.2 Å². The number of ketones is 2. The van der Waals surface area contributed by atoms with Gasteiger partial charge < -0.3 is 0 Å². The zero-order valence-electron chi connectivity index (χ0n) is 4.39. The van der Waals surface area contributed by atoms with Crippen molar-refractivity contribution in [3.8, 4) is 0 Å². The highest BCUT2D eigenvalue weighted by molar-refractivity contribution is 6.04. The second kappa shape index (κ2) is 1.90. The van der Waals surface area contributed by atoms with E-state index < -0.39 is 0 Å². The van der Waals surface area contributed by atoms with E-state index in [1.165, 1.54) is 12.2 Å². The second-order valence-electron chi connectivity index (χ2n) is 1.77. The van der Waals surface area contributed by atoms with Crippen molar-refractivity contribution in [3.05, 3.63) is 12.2 Å². The van der Waals surface area contributed by atoms with E-state index in [1.807, 2.05) is 0 Å². The molecule has 0 N–H and O–H groups in total. The molecule has 42 valence electrons. The van der Waals surface area contributed by atoms with Gasteiger partial charge in [-0.15, -0.1) is 0 Å². The lowest BCUT2D eigenvalue weighted by molar-refractivity contribution is -0.121. The molecule has 0 heterocycles. The maximum atomic E-state index is 10.4. The van der Waals surface area contributed by atoms with Gasteiger partial charge in [0, 0.05) is 12.8 Å². The number of hydrogen-bond acceptors (Lipinski definition) is 2. The van der Waals surface area contributed by atoms with Crippen LogP contribution in [0.1, 0.15) is 12.8 Å². The van der Waals surface area contributed by atoms with Gasteiger partial charge in [0.05, 0.1) is 0 Å². The highest BCUT2D eigenvalue weighted by atomic mass is 16.1. The van der Waals surface area contributed by atoms with Crippen LogP contribution < -0.4 is 0 Å². The Morgan fingerprint density at radius 2 is 1.38 bits per heavy atom. The van der Waals surface area contributed by atoms with Crippen molar-refractivity contribution >= 4 is 11.6 Å². The lowest BCUT2D eigenvalue weighted by atomic mass is 10.1. The van der Waals surface area contributed by atoms with Crippen LogP contribution in [0, 0.1) is 0 Å². The number of carbonyl (C=O) groups excluding carboxylic acids is 2. The quantitative estimate of drug-likeness (QED) is 0.454. The highest BCUT2D eigenvalue weighted by Crippen LogP contribution is 2.00. The predicted octanol–water partition coefficient (Wildman–Crippen LogP) is 0.475. The SMILES string of the molecule is O=C1C=CC(=O)CC1. The summed E-state index contributed by atoms with van der Waals surface area (Å²) >= 11 is 0. The topological polar surface area (TPSA) is 34.1 Å². The van der Waals surface area contributed by atoms with E-state index in [1.54, 1.807) is 0 Å². The molecule has 0 fully saturated rings. The molecule has 0 amide bonds. The lowest BCUT2D eigenvalue weighted by Gasteiger charge is -1.96. The summed E-state index contributed by atoms with van der Waals surface area (Å²) < 4.78 is 0. The fourth-order valence-corrected chi connectivity index (χ4v) is 0.599. The van der Waals surface area contributed by atoms with Gasteiger partial charge in [-0.2, -0.15) is 0 Å². The minimum Gasteiger partial charge on any atom is -0.295 e. The van der Waals surface area contributed by atoms with Gasteiger partial charge in [-0.1, -0.05) is 0 Å². The molecule has 1 rings (SSSR count). The highest BCUT2D eigenvalue weighted by Gasteiger charge is 2.06. The maximum Gasteiger partial charge on any atom is 0.156 e. The summed E-state index contributed by atoms with van der Waals surface area (Å²) in [5, 5.41) is 0. The van der Waals surface area contributed by atoms with Crippen LogP contribution in [-0.4, -0.2) is 11.6 Å². The molecule has 0 unspecified atom stereocenters. The van der Waals surface area contributed by atoms with E-state index >= 15 is 0 Å². The molecule has 2 heteroatoms. The molecule has 0 aliphatic heterocycles. The summed E-state index contributed by atoms with van der Waals surface area (Å²) in [5.41, 5.74) is 0. The largest absolute Gasteiger partial charge is 0.295 e. The smallest absolute Gasteiger partial charge is 0.156 e. The normalized spacial score (nSPS) is 19.5. The monoisotopic (exact) mass is 110 g/mol. The first-order chi connectivity index (χ1) is 3.79. The third kappa shape index (κ3) is 1.03. The van der Waals surface area contributed by atoms with Crippen molar-refractivity contribution in [3.63, 3.8) is 0 Å². The summed E-state index contributed by atoms with van der Waals surface area (Å²) in [5.74, 6) is 0.120. The van der Waals surface area contributed by atoms with E-state index in [-0.39, 0.29) is 11.6 Å². The number of carbonyl (C=O) groups is 2. The van der Waals surface area contributed by atoms with Crippen molar-refractivity contribution in [2.45, 2.75) is 12.8 Å². The van der Waals surface area contributed by atoms with Gasteiger partial charge in [0.15, 0.2) is 11.6 Å². The Balaban J connectivity index is 2.68. The lowest BCUT2D eigenvalue weighted by Crippen LogP contribution is -2.05. The number of hydrogen-bond donors (Lipinski definition) is 0. The Bertz CT molecular complexity index is 138. The fourth-order valence-electron chi connectivity index (χ4n) is 0.599. The first kappa shape index (κ1) is 5.22. The van der Waals surface area contributed by atoms with E-state index in [0.717, 1.165) is 0 Å². The van der Waals surface area contributed by atoms with Crippen LogP contribution in [0.25, 0.3) is 0 Å². The molecule has 0 bridgehead atoms. The summed E-state index contributed by atoms with van der Waals surface area (Å²) in [7, 11) is 0. The van der Waals surface area contributed by atoms with Crippen molar-refractivity contribution in [1.29, 1.82) is 0 Å². The van der Waals surface area contributed by atoms with Crippen LogP contribution in [-0.2, 0) is 9.59 Å². The van der Waals surface area contributed by atoms with Crippen LogP contribution in [0.3, 0.4) is 0 Å². The van der Waals surface area contributed by atoms with E-state index in [9.17, 15) is 9.59 Å². The van der Waals surface area contributed by atoms with Crippen LogP contribution in [0.2, 0.25) is 0 Å². The van der Waals surface area contributed by atoms with Crippen molar-refractivity contribution in [2.75, 3.05) is 0 Å². The second-order valence-corrected chi connectivity index (χ2v) is 1.77. The third-order valence-corrected chi connectivity index (χ3v) is 1.07. The Morgan fingerprint density at radius 3 is 1.62 bits per heavy atom. The molecule has 0 saturated carbocycles. The van der Waals surface area contributed by atoms with Crippen LogP contribution in [0.5, 0.6) is 0 Å². The standard InChI is InChI=1S/C6H6O2/c7-5-1-2-6(8)4-3-5/h1-2H,3-4H2. The van der Waals surface area contributed by atoms with E-state index in [0.29, 0.717) is 12.8 Å². The van der Waals surface area contributed by atoms with Crippen LogP contribution in [0.4, 0.5) is 0 Å². The zero-order valence-corrected chi connectivity index (χ0v) is 4.39. The Hall–Kier alpha value is -0.920. The Kier molecular flexibility index (Phi) is 1.24. The number of allylic oxidation sites excluding steroid dienone is 2. The van der Waals surface area contributed by atoms with Gasteiger partial charge in [-0.05, 0) is 12.2 Å². The summed E-state index contributed by atoms with van der Waals surface area (Å²) in [6.45, 7) is 0. The van der Waals surface area contributed by atoms with Crippen LogP contribution >= 0.6 is 0 Å². The van der Waals surface area contributed by atoms with Gasteiger partial charge >= 0.3 is 0 Å². The molecule has 0 saturated heterocycles. The average molecular weight is 110 g/mol. The molecule has 1 aliphatic carbocycles. The van der Waals surface area contributed by atoms with E-state index in [2.05, 4.69) is 0 Å². The minimum atomic E-state index is 0.0598. The molecule has 2 nitrogen and oxygen atoms in total. The van der Waals surface area contributed by atoms with Crippen molar-refractivity contribution < 1.29 is 9.59 Å². The molecule has 0 spiro atoms. The van der Waals surface area contributed by atoms with Gasteiger partial charge in [-0.25, -0.2) is 0 Å². The van der Waals surface area contributed by atoms with E-state index in [4.69, 9.17) is 0 Å². The fraction of sp³-hybridized carbons (Fsp3) is 0.333. The summed E-state index contributed by atoms with van der Waals surface area (Å²) in [6.07, 6.45) is 3.47. The van der Waals surface area contributed by atoms with Gasteiger partial charge in [0.25, 0.3) is 0 Å². The molecule has 0 aromatic rings. The Morgan fingerprint density at radius 1 is 1.00 bits per heavy atom. The van der Waals surface area contributed by atoms with Gasteiger partial charge in [0.1, 0.15) is 0 Å². The maximum absolute atomic E-state index is 10.4. The van der Waals surface area contributed by atoms with Crippen LogP contribution in [0.15, 0.2) is 12.2 Å². The molecule has 0 aromatic heterocycles.